The van der Waals surface area contributed by atoms with Gasteiger partial charge in [-0.2, -0.15) is 13.2 Å². The molecule has 7 heteroatoms. The molecule has 0 spiro atoms. The van der Waals surface area contributed by atoms with Crippen LogP contribution in [-0.4, -0.2) is 19.1 Å². The van der Waals surface area contributed by atoms with Gasteiger partial charge >= 0.3 is 6.18 Å². The highest BCUT2D eigenvalue weighted by Crippen LogP contribution is 2.33. The number of aldehydes is 1. The number of rotatable bonds is 4. The Morgan fingerprint density at radius 1 is 1.14 bits per heavy atom. The van der Waals surface area contributed by atoms with Crippen LogP contribution in [0.4, 0.5) is 17.6 Å². The third kappa shape index (κ3) is 3.98. The second-order valence-electron chi connectivity index (χ2n) is 4.41. The number of hydrogen-bond donors (Lipinski definition) is 0. The zero-order chi connectivity index (χ0) is 16.3. The summed E-state index contributed by atoms with van der Waals surface area (Å²) in [4.78, 5) is 10.8. The number of carbonyl (C=O) groups is 1. The molecule has 0 saturated carbocycles. The average molecular weight is 333 g/mol. The second-order valence-corrected chi connectivity index (χ2v) is 4.81. The van der Waals surface area contributed by atoms with Crippen molar-refractivity contribution in [1.82, 2.24) is 0 Å². The Bertz CT molecular complexity index is 698. The van der Waals surface area contributed by atoms with E-state index in [-0.39, 0.29) is 27.5 Å². The van der Waals surface area contributed by atoms with Crippen LogP contribution in [0, 0.1) is 5.82 Å². The number of halogens is 5. The van der Waals surface area contributed by atoms with Gasteiger partial charge in [0.25, 0.3) is 0 Å². The van der Waals surface area contributed by atoms with Crippen LogP contribution in [0.15, 0.2) is 36.4 Å². The van der Waals surface area contributed by atoms with E-state index in [1.165, 1.54) is 30.3 Å². The fourth-order valence-electron chi connectivity index (χ4n) is 1.80. The van der Waals surface area contributed by atoms with Gasteiger partial charge in [0.15, 0.2) is 6.61 Å². The smallest absolute Gasteiger partial charge is 0.422 e. The molecule has 2 aromatic carbocycles. The molecule has 0 radical (unpaired) electrons. The van der Waals surface area contributed by atoms with E-state index >= 15 is 0 Å². The van der Waals surface area contributed by atoms with Gasteiger partial charge in [-0.3, -0.25) is 4.79 Å². The standard InChI is InChI=1S/C15H9ClF4O2/c16-12-3-2-10(6-13(12)17)11-5-9(7-21)1-4-14(11)22-8-15(18,19)20/h1-7H,8H2. The summed E-state index contributed by atoms with van der Waals surface area (Å²) >= 11 is 5.58. The molecule has 0 aliphatic heterocycles. The number of ether oxygens (including phenoxy) is 1. The summed E-state index contributed by atoms with van der Waals surface area (Å²) in [7, 11) is 0. The number of alkyl halides is 3. The fraction of sp³-hybridized carbons (Fsp3) is 0.133. The van der Waals surface area contributed by atoms with Gasteiger partial charge in [0, 0.05) is 11.1 Å². The molecule has 0 bridgehead atoms. The highest BCUT2D eigenvalue weighted by Gasteiger charge is 2.29. The molecule has 2 aromatic rings. The van der Waals surface area contributed by atoms with E-state index in [9.17, 15) is 22.4 Å². The predicted molar refractivity (Wildman–Crippen MR) is 73.8 cm³/mol. The molecule has 0 heterocycles. The molecule has 0 fully saturated rings. The van der Waals surface area contributed by atoms with Crippen LogP contribution >= 0.6 is 11.6 Å². The fourth-order valence-corrected chi connectivity index (χ4v) is 1.91. The predicted octanol–water partition coefficient (Wildman–Crippen LogP) is 4.90. The molecule has 0 aliphatic carbocycles. The van der Waals surface area contributed by atoms with Crippen molar-refractivity contribution in [2.45, 2.75) is 6.18 Å². The summed E-state index contributed by atoms with van der Waals surface area (Å²) < 4.78 is 55.1. The first-order chi connectivity index (χ1) is 10.3. The number of carbonyl (C=O) groups excluding carboxylic acids is 1. The van der Waals surface area contributed by atoms with E-state index in [1.807, 2.05) is 0 Å². The molecule has 0 unspecified atom stereocenters. The van der Waals surface area contributed by atoms with Crippen LogP contribution in [0.5, 0.6) is 5.75 Å². The Morgan fingerprint density at radius 2 is 1.86 bits per heavy atom. The molecule has 2 nitrogen and oxygen atoms in total. The third-order valence-electron chi connectivity index (χ3n) is 2.76. The Kier molecular flexibility index (Phi) is 4.71. The summed E-state index contributed by atoms with van der Waals surface area (Å²) in [5, 5.41) is -0.118. The number of hydrogen-bond acceptors (Lipinski definition) is 2. The minimum Gasteiger partial charge on any atom is -0.483 e. The van der Waals surface area contributed by atoms with Gasteiger partial charge in [-0.15, -0.1) is 0 Å². The third-order valence-corrected chi connectivity index (χ3v) is 3.07. The summed E-state index contributed by atoms with van der Waals surface area (Å²) in [6, 6.07) is 7.63. The zero-order valence-electron chi connectivity index (χ0n) is 11.0. The number of benzene rings is 2. The van der Waals surface area contributed by atoms with Gasteiger partial charge in [-0.1, -0.05) is 17.7 Å². The highest BCUT2D eigenvalue weighted by molar-refractivity contribution is 6.30. The van der Waals surface area contributed by atoms with Gasteiger partial charge in [-0.25, -0.2) is 4.39 Å². The molecular weight excluding hydrogens is 324 g/mol. The van der Waals surface area contributed by atoms with Crippen molar-refractivity contribution in [3.8, 4) is 16.9 Å². The topological polar surface area (TPSA) is 26.3 Å². The molecular formula is C15H9ClF4O2. The van der Waals surface area contributed by atoms with E-state index in [1.54, 1.807) is 0 Å². The lowest BCUT2D eigenvalue weighted by molar-refractivity contribution is -0.153. The maximum absolute atomic E-state index is 13.5. The molecule has 0 saturated heterocycles. The van der Waals surface area contributed by atoms with Crippen molar-refractivity contribution in [3.63, 3.8) is 0 Å². The van der Waals surface area contributed by atoms with Gasteiger partial charge in [-0.05, 0) is 35.9 Å². The monoisotopic (exact) mass is 332 g/mol. The van der Waals surface area contributed by atoms with Crippen LogP contribution < -0.4 is 4.74 Å². The zero-order valence-corrected chi connectivity index (χ0v) is 11.7. The average Bonchev–Trinajstić information content (AvgIpc) is 2.47. The lowest BCUT2D eigenvalue weighted by atomic mass is 10.0. The second kappa shape index (κ2) is 6.36. The van der Waals surface area contributed by atoms with Crippen LogP contribution in [0.2, 0.25) is 5.02 Å². The lowest BCUT2D eigenvalue weighted by Crippen LogP contribution is -2.19. The van der Waals surface area contributed by atoms with Gasteiger partial charge in [0.1, 0.15) is 17.9 Å². The van der Waals surface area contributed by atoms with Crippen molar-refractivity contribution in [2.75, 3.05) is 6.61 Å². The maximum atomic E-state index is 13.5. The van der Waals surface area contributed by atoms with Gasteiger partial charge in [0.2, 0.25) is 0 Å². The van der Waals surface area contributed by atoms with Crippen LogP contribution in [0.25, 0.3) is 11.1 Å². The van der Waals surface area contributed by atoms with E-state index in [0.717, 1.165) is 6.07 Å². The summed E-state index contributed by atoms with van der Waals surface area (Å²) in [6.45, 7) is -1.49. The van der Waals surface area contributed by atoms with Crippen molar-refractivity contribution >= 4 is 17.9 Å². The first-order valence-electron chi connectivity index (χ1n) is 6.04. The van der Waals surface area contributed by atoms with Crippen molar-refractivity contribution in [2.24, 2.45) is 0 Å². The van der Waals surface area contributed by atoms with Crippen LogP contribution in [0.1, 0.15) is 10.4 Å². The van der Waals surface area contributed by atoms with Gasteiger partial charge in [0.05, 0.1) is 5.02 Å². The normalized spacial score (nSPS) is 11.3. The SMILES string of the molecule is O=Cc1ccc(OCC(F)(F)F)c(-c2ccc(Cl)c(F)c2)c1. The molecule has 0 N–H and O–H groups in total. The minimum absolute atomic E-state index is 0.107. The molecule has 0 amide bonds. The molecule has 0 aliphatic rings. The van der Waals surface area contributed by atoms with Crippen molar-refractivity contribution < 1.29 is 27.1 Å². The largest absolute Gasteiger partial charge is 0.483 e. The molecule has 0 atom stereocenters. The summed E-state index contributed by atoms with van der Waals surface area (Å²) in [6.07, 6.45) is -3.98. The Balaban J connectivity index is 2.46. The minimum atomic E-state index is -4.51. The quantitative estimate of drug-likeness (QED) is 0.588. The van der Waals surface area contributed by atoms with Crippen molar-refractivity contribution in [3.05, 3.63) is 52.8 Å². The highest BCUT2D eigenvalue weighted by atomic mass is 35.5. The van der Waals surface area contributed by atoms with E-state index in [0.29, 0.717) is 6.29 Å². The van der Waals surface area contributed by atoms with E-state index in [4.69, 9.17) is 16.3 Å². The summed E-state index contributed by atoms with van der Waals surface area (Å²) in [5.74, 6) is -0.831. The Morgan fingerprint density at radius 3 is 2.45 bits per heavy atom. The molecule has 0 aromatic heterocycles. The molecule has 22 heavy (non-hydrogen) atoms. The van der Waals surface area contributed by atoms with Crippen LogP contribution in [-0.2, 0) is 0 Å². The van der Waals surface area contributed by atoms with E-state index in [2.05, 4.69) is 0 Å². The summed E-state index contributed by atoms with van der Waals surface area (Å²) in [5.41, 5.74) is 0.650. The Hall–Kier alpha value is -2.08. The van der Waals surface area contributed by atoms with E-state index < -0.39 is 18.6 Å². The Labute approximate surface area is 128 Å². The van der Waals surface area contributed by atoms with Gasteiger partial charge < -0.3 is 4.74 Å². The van der Waals surface area contributed by atoms with Crippen molar-refractivity contribution in [1.29, 1.82) is 0 Å². The maximum Gasteiger partial charge on any atom is 0.422 e. The first-order valence-corrected chi connectivity index (χ1v) is 6.42. The molecule has 2 rings (SSSR count). The molecule has 116 valence electrons. The lowest BCUT2D eigenvalue weighted by Gasteiger charge is -2.14. The van der Waals surface area contributed by atoms with Crippen LogP contribution in [0.3, 0.4) is 0 Å². The first kappa shape index (κ1) is 16.3.